The van der Waals surface area contributed by atoms with E-state index < -0.39 is 24.1 Å². The maximum atomic E-state index is 11.0. The van der Waals surface area contributed by atoms with E-state index in [1.807, 2.05) is 0 Å². The van der Waals surface area contributed by atoms with E-state index in [2.05, 4.69) is 0 Å². The fourth-order valence-electron chi connectivity index (χ4n) is 1.90. The Kier molecular flexibility index (Phi) is 6.38. The van der Waals surface area contributed by atoms with Gasteiger partial charge in [0, 0.05) is 19.8 Å². The van der Waals surface area contributed by atoms with Crippen LogP contribution in [-0.4, -0.2) is 43.1 Å². The van der Waals surface area contributed by atoms with Gasteiger partial charge in [-0.25, -0.2) is 0 Å². The molecule has 0 amide bonds. The molecule has 0 saturated heterocycles. The Morgan fingerprint density at radius 1 is 1.30 bits per heavy atom. The summed E-state index contributed by atoms with van der Waals surface area (Å²) in [7, 11) is 0. The minimum Gasteiger partial charge on any atom is -0.463 e. The summed E-state index contributed by atoms with van der Waals surface area (Å²) >= 11 is 0. The number of carbonyl (C=O) groups is 3. The van der Waals surface area contributed by atoms with Crippen LogP contribution in [0.25, 0.3) is 0 Å². The Morgan fingerprint density at radius 2 is 2.00 bits per heavy atom. The standard InChI is InChI=1S/C14H20O6/c1-9(7-15)6-12-4-5-13(19-11(3)17)14(20-12)8-18-10(2)16/h4-5,7,9,12-14H,6,8H2,1-3H3/t9?,12-,13-,14+/m0/s1. The predicted molar refractivity (Wildman–Crippen MR) is 69.8 cm³/mol. The third-order valence-electron chi connectivity index (χ3n) is 2.82. The smallest absolute Gasteiger partial charge is 0.303 e. The third-order valence-corrected chi connectivity index (χ3v) is 2.82. The van der Waals surface area contributed by atoms with Crippen LogP contribution in [0.3, 0.4) is 0 Å². The van der Waals surface area contributed by atoms with Crippen molar-refractivity contribution in [3.05, 3.63) is 12.2 Å². The van der Waals surface area contributed by atoms with Gasteiger partial charge < -0.3 is 19.0 Å². The first-order chi connectivity index (χ1) is 9.42. The molecule has 0 spiro atoms. The van der Waals surface area contributed by atoms with Crippen molar-refractivity contribution in [3.8, 4) is 0 Å². The minimum absolute atomic E-state index is 0.00356. The lowest BCUT2D eigenvalue weighted by Crippen LogP contribution is -2.41. The predicted octanol–water partition coefficient (Wildman–Crippen LogP) is 1.03. The molecule has 1 aliphatic rings. The van der Waals surface area contributed by atoms with Crippen LogP contribution >= 0.6 is 0 Å². The van der Waals surface area contributed by atoms with Gasteiger partial charge in [0.1, 0.15) is 25.1 Å². The van der Waals surface area contributed by atoms with Crippen molar-refractivity contribution in [1.29, 1.82) is 0 Å². The molecule has 0 aliphatic carbocycles. The lowest BCUT2D eigenvalue weighted by molar-refractivity contribution is -0.163. The van der Waals surface area contributed by atoms with E-state index in [4.69, 9.17) is 14.2 Å². The van der Waals surface area contributed by atoms with E-state index in [0.717, 1.165) is 6.29 Å². The van der Waals surface area contributed by atoms with Crippen molar-refractivity contribution in [1.82, 2.24) is 0 Å². The van der Waals surface area contributed by atoms with Crippen molar-refractivity contribution in [3.63, 3.8) is 0 Å². The summed E-state index contributed by atoms with van der Waals surface area (Å²) in [5, 5.41) is 0. The van der Waals surface area contributed by atoms with Crippen LogP contribution < -0.4 is 0 Å². The number of rotatable bonds is 6. The van der Waals surface area contributed by atoms with Gasteiger partial charge in [0.05, 0.1) is 6.10 Å². The first kappa shape index (κ1) is 16.4. The van der Waals surface area contributed by atoms with E-state index in [9.17, 15) is 14.4 Å². The van der Waals surface area contributed by atoms with Crippen molar-refractivity contribution in [2.45, 2.75) is 45.5 Å². The molecule has 0 N–H and O–H groups in total. The molecule has 112 valence electrons. The van der Waals surface area contributed by atoms with Gasteiger partial charge in [-0.15, -0.1) is 0 Å². The molecular formula is C14H20O6. The average Bonchev–Trinajstić information content (AvgIpc) is 2.37. The SMILES string of the molecule is CC(=O)OC[C@H]1O[C@H](CC(C)C=O)C=C[C@@H]1OC(C)=O. The first-order valence-corrected chi connectivity index (χ1v) is 6.52. The summed E-state index contributed by atoms with van der Waals surface area (Å²) in [6, 6.07) is 0. The summed E-state index contributed by atoms with van der Waals surface area (Å²) in [6.07, 6.45) is 3.45. The van der Waals surface area contributed by atoms with Crippen LogP contribution in [0.2, 0.25) is 0 Å². The monoisotopic (exact) mass is 284 g/mol. The Labute approximate surface area is 118 Å². The number of hydrogen-bond donors (Lipinski definition) is 0. The van der Waals surface area contributed by atoms with Crippen molar-refractivity contribution in [2.75, 3.05) is 6.61 Å². The molecule has 0 radical (unpaired) electrons. The second kappa shape index (κ2) is 7.79. The van der Waals surface area contributed by atoms with E-state index >= 15 is 0 Å². The van der Waals surface area contributed by atoms with Gasteiger partial charge >= 0.3 is 11.9 Å². The second-order valence-electron chi connectivity index (χ2n) is 4.82. The Balaban J connectivity index is 2.68. The molecule has 6 heteroatoms. The van der Waals surface area contributed by atoms with Gasteiger partial charge in [-0.3, -0.25) is 9.59 Å². The molecule has 0 bridgehead atoms. The quantitative estimate of drug-likeness (QED) is 0.412. The molecule has 1 unspecified atom stereocenters. The van der Waals surface area contributed by atoms with Crippen LogP contribution in [-0.2, 0) is 28.6 Å². The van der Waals surface area contributed by atoms with Crippen LogP contribution in [0.4, 0.5) is 0 Å². The summed E-state index contributed by atoms with van der Waals surface area (Å²) in [6.45, 7) is 4.40. The minimum atomic E-state index is -0.588. The first-order valence-electron chi connectivity index (χ1n) is 6.52. The summed E-state index contributed by atoms with van der Waals surface area (Å²) in [5.41, 5.74) is 0. The fraction of sp³-hybridized carbons (Fsp3) is 0.643. The van der Waals surface area contributed by atoms with Crippen molar-refractivity contribution in [2.24, 2.45) is 5.92 Å². The highest BCUT2D eigenvalue weighted by molar-refractivity contribution is 5.66. The molecule has 6 nitrogen and oxygen atoms in total. The zero-order valence-electron chi connectivity index (χ0n) is 11.9. The van der Waals surface area contributed by atoms with Crippen molar-refractivity contribution < 1.29 is 28.6 Å². The normalized spacial score (nSPS) is 26.6. The molecule has 20 heavy (non-hydrogen) atoms. The largest absolute Gasteiger partial charge is 0.463 e. The molecule has 0 aromatic heterocycles. The maximum Gasteiger partial charge on any atom is 0.303 e. The van der Waals surface area contributed by atoms with Crippen LogP contribution in [0.5, 0.6) is 0 Å². The molecule has 1 heterocycles. The highest BCUT2D eigenvalue weighted by Crippen LogP contribution is 2.21. The highest BCUT2D eigenvalue weighted by Gasteiger charge is 2.31. The van der Waals surface area contributed by atoms with Crippen LogP contribution in [0.15, 0.2) is 12.2 Å². The van der Waals surface area contributed by atoms with Gasteiger partial charge in [-0.05, 0) is 12.5 Å². The van der Waals surface area contributed by atoms with Gasteiger partial charge in [0.15, 0.2) is 0 Å². The number of aldehydes is 1. The van der Waals surface area contributed by atoms with Gasteiger partial charge in [0.25, 0.3) is 0 Å². The molecule has 1 aliphatic heterocycles. The van der Waals surface area contributed by atoms with E-state index in [1.165, 1.54) is 13.8 Å². The van der Waals surface area contributed by atoms with Crippen LogP contribution in [0, 0.1) is 5.92 Å². The zero-order valence-corrected chi connectivity index (χ0v) is 11.9. The van der Waals surface area contributed by atoms with E-state index in [-0.39, 0.29) is 18.6 Å². The summed E-state index contributed by atoms with van der Waals surface area (Å²) < 4.78 is 15.7. The third kappa shape index (κ3) is 5.52. The lowest BCUT2D eigenvalue weighted by Gasteiger charge is -2.32. The summed E-state index contributed by atoms with van der Waals surface area (Å²) in [4.78, 5) is 32.6. The molecular weight excluding hydrogens is 264 g/mol. The zero-order chi connectivity index (χ0) is 15.1. The van der Waals surface area contributed by atoms with Gasteiger partial charge in [-0.2, -0.15) is 0 Å². The average molecular weight is 284 g/mol. The molecule has 0 aromatic rings. The lowest BCUT2D eigenvalue weighted by atomic mass is 10.0. The Morgan fingerprint density at radius 3 is 2.55 bits per heavy atom. The van der Waals surface area contributed by atoms with E-state index in [0.29, 0.717) is 6.42 Å². The molecule has 0 fully saturated rings. The number of hydrogen-bond acceptors (Lipinski definition) is 6. The summed E-state index contributed by atoms with van der Waals surface area (Å²) in [5.74, 6) is -0.998. The van der Waals surface area contributed by atoms with Crippen molar-refractivity contribution >= 4 is 18.2 Å². The van der Waals surface area contributed by atoms with E-state index in [1.54, 1.807) is 19.1 Å². The van der Waals surface area contributed by atoms with Gasteiger partial charge in [0.2, 0.25) is 0 Å². The maximum absolute atomic E-state index is 11.0. The molecule has 0 aromatic carbocycles. The number of carbonyl (C=O) groups excluding carboxylic acids is 3. The number of ether oxygens (including phenoxy) is 3. The Bertz CT molecular complexity index is 389. The van der Waals surface area contributed by atoms with Crippen LogP contribution in [0.1, 0.15) is 27.2 Å². The Hall–Kier alpha value is -1.69. The fourth-order valence-corrected chi connectivity index (χ4v) is 1.90. The molecule has 4 atom stereocenters. The molecule has 0 saturated carbocycles. The van der Waals surface area contributed by atoms with Gasteiger partial charge in [-0.1, -0.05) is 13.0 Å². The number of esters is 2. The highest BCUT2D eigenvalue weighted by atomic mass is 16.6. The topological polar surface area (TPSA) is 78.9 Å². The second-order valence-corrected chi connectivity index (χ2v) is 4.82. The molecule has 1 rings (SSSR count).